The van der Waals surface area contributed by atoms with Gasteiger partial charge in [0.15, 0.2) is 0 Å². The second-order valence-electron chi connectivity index (χ2n) is 7.07. The van der Waals surface area contributed by atoms with Crippen LogP contribution in [-0.2, 0) is 0 Å². The molecule has 0 aromatic rings. The molecule has 0 spiro atoms. The van der Waals surface area contributed by atoms with E-state index in [1.807, 2.05) is 0 Å². The van der Waals surface area contributed by atoms with Crippen molar-refractivity contribution in [3.8, 4) is 0 Å². The van der Waals surface area contributed by atoms with E-state index in [2.05, 4.69) is 67.2 Å². The van der Waals surface area contributed by atoms with Crippen LogP contribution in [0.2, 0.25) is 10.6 Å². The SMILES string of the molecule is CCN([C](=NC(C)(C)C)[Al]([CH2]C)[CH2]C)C(C)(C)C. The highest BCUT2D eigenvalue weighted by atomic mass is 27.2. The molecule has 0 bridgehead atoms. The molecule has 106 valence electrons. The first kappa shape index (κ1) is 18.0. The minimum absolute atomic E-state index is 0.0313. The summed E-state index contributed by atoms with van der Waals surface area (Å²) in [6, 6.07) is 0. The third kappa shape index (κ3) is 5.76. The monoisotopic (exact) mass is 268 g/mol. The molecule has 0 aliphatic rings. The molecule has 18 heavy (non-hydrogen) atoms. The molecule has 0 saturated carbocycles. The van der Waals surface area contributed by atoms with Crippen LogP contribution in [0.1, 0.15) is 62.3 Å². The molecule has 0 saturated heterocycles. The van der Waals surface area contributed by atoms with E-state index in [0.29, 0.717) is 0 Å². The molecule has 0 amide bonds. The van der Waals surface area contributed by atoms with Gasteiger partial charge in [0.1, 0.15) is 0 Å². The van der Waals surface area contributed by atoms with E-state index in [4.69, 9.17) is 4.99 Å². The van der Waals surface area contributed by atoms with Crippen molar-refractivity contribution in [2.45, 2.75) is 84.0 Å². The largest absolute Gasteiger partial charge is 0.371 e. The Labute approximate surface area is 119 Å². The van der Waals surface area contributed by atoms with Gasteiger partial charge >= 0.3 is 14.1 Å². The fourth-order valence-electron chi connectivity index (χ4n) is 2.35. The van der Waals surface area contributed by atoms with Gasteiger partial charge in [0, 0.05) is 16.8 Å². The maximum absolute atomic E-state index is 5.09. The van der Waals surface area contributed by atoms with Crippen molar-refractivity contribution in [3.05, 3.63) is 0 Å². The number of hydrogen-bond donors (Lipinski definition) is 0. The Bertz CT molecular complexity index is 267. The van der Waals surface area contributed by atoms with Gasteiger partial charge in [0.2, 0.25) is 0 Å². The summed E-state index contributed by atoms with van der Waals surface area (Å²) in [6.45, 7) is 21.5. The molecule has 0 N–H and O–H groups in total. The van der Waals surface area contributed by atoms with Crippen LogP contribution < -0.4 is 0 Å². The Kier molecular flexibility index (Phi) is 6.97. The van der Waals surface area contributed by atoms with E-state index in [0.717, 1.165) is 6.54 Å². The maximum atomic E-state index is 5.09. The van der Waals surface area contributed by atoms with Gasteiger partial charge in [0.05, 0.1) is 5.54 Å². The highest BCUT2D eigenvalue weighted by molar-refractivity contribution is 6.90. The van der Waals surface area contributed by atoms with E-state index in [-0.39, 0.29) is 11.1 Å². The lowest BCUT2D eigenvalue weighted by atomic mass is 10.1. The number of nitrogens with zero attached hydrogens (tertiary/aromatic N) is 2. The lowest BCUT2D eigenvalue weighted by molar-refractivity contribution is 0.249. The second-order valence-corrected chi connectivity index (χ2v) is 10.6. The van der Waals surface area contributed by atoms with Crippen molar-refractivity contribution in [1.82, 2.24) is 4.90 Å². The van der Waals surface area contributed by atoms with Crippen LogP contribution in [0.4, 0.5) is 0 Å². The minimum Gasteiger partial charge on any atom is -0.371 e. The zero-order valence-electron chi connectivity index (χ0n) is 14.1. The normalized spacial score (nSPS) is 13.7. The zero-order valence-corrected chi connectivity index (χ0v) is 15.2. The molecule has 0 unspecified atom stereocenters. The van der Waals surface area contributed by atoms with Crippen molar-refractivity contribution < 1.29 is 0 Å². The van der Waals surface area contributed by atoms with Crippen molar-refractivity contribution in [3.63, 3.8) is 0 Å². The van der Waals surface area contributed by atoms with Gasteiger partial charge in [-0.1, -0.05) is 24.4 Å². The van der Waals surface area contributed by atoms with E-state index in [1.165, 1.54) is 15.3 Å². The van der Waals surface area contributed by atoms with Crippen molar-refractivity contribution in [2.75, 3.05) is 6.54 Å². The lowest BCUT2D eigenvalue weighted by Gasteiger charge is -2.41. The molecule has 0 aliphatic heterocycles. The fraction of sp³-hybridized carbons (Fsp3) is 0.933. The van der Waals surface area contributed by atoms with Gasteiger partial charge in [-0.2, -0.15) is 0 Å². The highest BCUT2D eigenvalue weighted by Gasteiger charge is 2.31. The maximum Gasteiger partial charge on any atom is 0.363 e. The molecule has 0 rings (SSSR count). The summed E-state index contributed by atoms with van der Waals surface area (Å²) in [7, 11) is 0. The molecule has 2 nitrogen and oxygen atoms in total. The smallest absolute Gasteiger partial charge is 0.363 e. The van der Waals surface area contributed by atoms with Gasteiger partial charge in [-0.25, -0.2) is 0 Å². The molecule has 0 radical (unpaired) electrons. The summed E-state index contributed by atoms with van der Waals surface area (Å²) in [6.07, 6.45) is 0. The number of amidine groups is 1. The Morgan fingerprint density at radius 1 is 0.944 bits per heavy atom. The Hall–Kier alpha value is 0.00247. The van der Waals surface area contributed by atoms with Crippen molar-refractivity contribution >= 4 is 18.8 Å². The highest BCUT2D eigenvalue weighted by Crippen LogP contribution is 2.20. The summed E-state index contributed by atoms with van der Waals surface area (Å²) in [5, 5.41) is 2.61. The summed E-state index contributed by atoms with van der Waals surface area (Å²) in [4.78, 5) is 7.62. The zero-order chi connectivity index (χ0) is 14.6. The van der Waals surface area contributed by atoms with E-state index in [9.17, 15) is 0 Å². The van der Waals surface area contributed by atoms with E-state index < -0.39 is 14.1 Å². The molecule has 0 aliphatic carbocycles. The minimum atomic E-state index is -0.906. The Morgan fingerprint density at radius 2 is 1.39 bits per heavy atom. The quantitative estimate of drug-likeness (QED) is 0.420. The number of rotatable bonds is 4. The van der Waals surface area contributed by atoms with Crippen LogP contribution in [0.15, 0.2) is 4.99 Å². The molecular weight excluding hydrogens is 235 g/mol. The Morgan fingerprint density at radius 3 is 1.61 bits per heavy atom. The molecular formula is C15H33AlN2. The number of hydrogen-bond acceptors (Lipinski definition) is 1. The molecule has 0 atom stereocenters. The topological polar surface area (TPSA) is 15.6 Å². The molecule has 0 heterocycles. The summed E-state index contributed by atoms with van der Waals surface area (Å²) >= 11 is -0.906. The first-order chi connectivity index (χ1) is 8.06. The fourth-order valence-corrected chi connectivity index (χ4v) is 5.24. The van der Waals surface area contributed by atoms with Crippen LogP contribution in [0.5, 0.6) is 0 Å². The summed E-state index contributed by atoms with van der Waals surface area (Å²) in [5.74, 6) is 0. The van der Waals surface area contributed by atoms with Gasteiger partial charge < -0.3 is 4.90 Å². The van der Waals surface area contributed by atoms with Crippen molar-refractivity contribution in [1.29, 1.82) is 0 Å². The molecule has 0 aromatic heterocycles. The first-order valence-corrected chi connectivity index (χ1v) is 9.65. The second kappa shape index (κ2) is 6.96. The van der Waals surface area contributed by atoms with Crippen molar-refractivity contribution in [2.24, 2.45) is 4.99 Å². The lowest BCUT2D eigenvalue weighted by Crippen LogP contribution is -2.52. The van der Waals surface area contributed by atoms with Crippen LogP contribution in [0, 0.1) is 0 Å². The van der Waals surface area contributed by atoms with E-state index >= 15 is 0 Å². The van der Waals surface area contributed by atoms with Gasteiger partial charge in [-0.05, 0) is 48.5 Å². The van der Waals surface area contributed by atoms with Gasteiger partial charge in [-0.15, -0.1) is 0 Å². The van der Waals surface area contributed by atoms with Gasteiger partial charge in [0.25, 0.3) is 0 Å². The molecule has 0 aromatic carbocycles. The van der Waals surface area contributed by atoms with Crippen LogP contribution >= 0.6 is 0 Å². The number of aliphatic imine (C=N–C) groups is 1. The first-order valence-electron chi connectivity index (χ1n) is 7.44. The molecule has 3 heteroatoms. The third-order valence-corrected chi connectivity index (χ3v) is 6.35. The average Bonchev–Trinajstić information content (AvgIpc) is 2.15. The Balaban J connectivity index is 5.52. The van der Waals surface area contributed by atoms with Crippen LogP contribution in [-0.4, -0.2) is 41.4 Å². The summed E-state index contributed by atoms with van der Waals surface area (Å²) < 4.78 is 1.43. The third-order valence-electron chi connectivity index (χ3n) is 3.20. The molecule has 0 fully saturated rings. The summed E-state index contributed by atoms with van der Waals surface area (Å²) in [5.41, 5.74) is 0.206. The van der Waals surface area contributed by atoms with E-state index in [1.54, 1.807) is 0 Å². The van der Waals surface area contributed by atoms with Gasteiger partial charge in [-0.3, -0.25) is 4.99 Å². The van der Waals surface area contributed by atoms with Crippen LogP contribution in [0.25, 0.3) is 0 Å². The standard InChI is InChI=1S/C11H23N2.2C2H5.Al/c1-8-13(11(5,6)7)9-12-10(2,3)4;2*1-2;/h8H2,1-7H3;2*1H2,2H3;. The predicted molar refractivity (Wildman–Crippen MR) is 86.0 cm³/mol. The average molecular weight is 268 g/mol. The predicted octanol–water partition coefficient (Wildman–Crippen LogP) is 4.38. The van der Waals surface area contributed by atoms with Crippen LogP contribution in [0.3, 0.4) is 0 Å².